The number of benzene rings is 1. The van der Waals surface area contributed by atoms with E-state index in [1.54, 1.807) is 0 Å². The lowest BCUT2D eigenvalue weighted by atomic mass is 9.87. The van der Waals surface area contributed by atoms with E-state index in [0.29, 0.717) is 5.92 Å². The molecule has 0 saturated carbocycles. The Morgan fingerprint density at radius 2 is 2.12 bits per heavy atom. The quantitative estimate of drug-likeness (QED) is 0.530. The van der Waals surface area contributed by atoms with Crippen LogP contribution < -0.4 is 0 Å². The first-order chi connectivity index (χ1) is 7.86. The molecule has 16 heavy (non-hydrogen) atoms. The molecular weight excluding hydrogens is 200 g/mol. The van der Waals surface area contributed by atoms with E-state index in [-0.39, 0.29) is 12.1 Å². The van der Waals surface area contributed by atoms with Crippen LogP contribution in [0.2, 0.25) is 0 Å². The summed E-state index contributed by atoms with van der Waals surface area (Å²) in [6, 6.07) is 7.72. The summed E-state index contributed by atoms with van der Waals surface area (Å²) in [6.45, 7) is 0. The second-order valence-electron chi connectivity index (χ2n) is 4.44. The van der Waals surface area contributed by atoms with Gasteiger partial charge in [-0.1, -0.05) is 30.4 Å². The summed E-state index contributed by atoms with van der Waals surface area (Å²) in [6.07, 6.45) is 7.80. The SMILES string of the molecule is O=C1OC(C2C=CCCC2)c2ccccc21. The van der Waals surface area contributed by atoms with Gasteiger partial charge >= 0.3 is 5.97 Å². The zero-order valence-corrected chi connectivity index (χ0v) is 9.06. The molecule has 1 aliphatic heterocycles. The van der Waals surface area contributed by atoms with Gasteiger partial charge < -0.3 is 4.74 Å². The average Bonchev–Trinajstić information content (AvgIpc) is 2.69. The average molecular weight is 214 g/mol. The molecule has 1 aliphatic carbocycles. The summed E-state index contributed by atoms with van der Waals surface area (Å²) in [5.74, 6) is 0.195. The van der Waals surface area contributed by atoms with E-state index in [1.807, 2.05) is 24.3 Å². The van der Waals surface area contributed by atoms with Crippen molar-refractivity contribution < 1.29 is 9.53 Å². The number of fused-ring (bicyclic) bond motifs is 1. The van der Waals surface area contributed by atoms with Gasteiger partial charge in [-0.25, -0.2) is 4.79 Å². The Morgan fingerprint density at radius 1 is 1.25 bits per heavy atom. The summed E-state index contributed by atoms with van der Waals surface area (Å²) < 4.78 is 5.48. The van der Waals surface area contributed by atoms with Gasteiger partial charge in [-0.2, -0.15) is 0 Å². The van der Waals surface area contributed by atoms with Crippen molar-refractivity contribution in [1.82, 2.24) is 0 Å². The number of carbonyl (C=O) groups is 1. The van der Waals surface area contributed by atoms with E-state index in [9.17, 15) is 4.79 Å². The number of esters is 1. The molecule has 0 bridgehead atoms. The summed E-state index contributed by atoms with van der Waals surface area (Å²) in [7, 11) is 0. The fourth-order valence-corrected chi connectivity index (χ4v) is 2.58. The zero-order chi connectivity index (χ0) is 11.0. The third-order valence-electron chi connectivity index (χ3n) is 3.40. The molecule has 0 saturated heterocycles. The van der Waals surface area contributed by atoms with E-state index in [4.69, 9.17) is 4.74 Å². The second-order valence-corrected chi connectivity index (χ2v) is 4.44. The number of hydrogen-bond acceptors (Lipinski definition) is 2. The number of hydrogen-bond donors (Lipinski definition) is 0. The van der Waals surface area contributed by atoms with Gasteiger partial charge in [0.1, 0.15) is 6.10 Å². The predicted molar refractivity (Wildman–Crippen MR) is 61.1 cm³/mol. The topological polar surface area (TPSA) is 26.3 Å². The largest absolute Gasteiger partial charge is 0.453 e. The Kier molecular flexibility index (Phi) is 2.28. The Bertz CT molecular complexity index is 448. The van der Waals surface area contributed by atoms with Gasteiger partial charge in [-0.15, -0.1) is 0 Å². The van der Waals surface area contributed by atoms with Gasteiger partial charge in [-0.05, 0) is 25.3 Å². The number of carbonyl (C=O) groups excluding carboxylic acids is 1. The first-order valence-corrected chi connectivity index (χ1v) is 5.83. The second kappa shape index (κ2) is 3.78. The molecule has 2 unspecified atom stereocenters. The number of ether oxygens (including phenoxy) is 1. The van der Waals surface area contributed by atoms with E-state index in [1.165, 1.54) is 6.42 Å². The lowest BCUT2D eigenvalue weighted by molar-refractivity contribution is 0.0277. The highest BCUT2D eigenvalue weighted by Crippen LogP contribution is 2.39. The summed E-state index contributed by atoms with van der Waals surface area (Å²) in [4.78, 5) is 11.7. The maximum Gasteiger partial charge on any atom is 0.339 e. The van der Waals surface area contributed by atoms with Gasteiger partial charge in [0, 0.05) is 11.5 Å². The third-order valence-corrected chi connectivity index (χ3v) is 3.40. The molecule has 0 spiro atoms. The highest BCUT2D eigenvalue weighted by atomic mass is 16.5. The van der Waals surface area contributed by atoms with E-state index in [0.717, 1.165) is 24.0 Å². The monoisotopic (exact) mass is 214 g/mol. The van der Waals surface area contributed by atoms with Gasteiger partial charge in [-0.3, -0.25) is 0 Å². The molecule has 1 aromatic rings. The minimum atomic E-state index is -0.167. The Morgan fingerprint density at radius 3 is 2.94 bits per heavy atom. The van der Waals surface area contributed by atoms with Crippen LogP contribution in [0.4, 0.5) is 0 Å². The third kappa shape index (κ3) is 1.45. The molecule has 0 fully saturated rings. The van der Waals surface area contributed by atoms with Crippen molar-refractivity contribution in [2.24, 2.45) is 5.92 Å². The van der Waals surface area contributed by atoms with E-state index in [2.05, 4.69) is 12.2 Å². The van der Waals surface area contributed by atoms with Crippen molar-refractivity contribution in [2.45, 2.75) is 25.4 Å². The van der Waals surface area contributed by atoms with Crippen LogP contribution in [-0.2, 0) is 4.74 Å². The molecule has 0 radical (unpaired) electrons. The Hall–Kier alpha value is -1.57. The van der Waals surface area contributed by atoms with Gasteiger partial charge in [0.05, 0.1) is 5.56 Å². The van der Waals surface area contributed by atoms with Crippen molar-refractivity contribution in [1.29, 1.82) is 0 Å². The lowest BCUT2D eigenvalue weighted by Crippen LogP contribution is -2.12. The molecule has 0 N–H and O–H groups in total. The van der Waals surface area contributed by atoms with Crippen molar-refractivity contribution in [3.8, 4) is 0 Å². The number of cyclic esters (lactones) is 1. The smallest absolute Gasteiger partial charge is 0.339 e. The lowest BCUT2D eigenvalue weighted by Gasteiger charge is -2.22. The summed E-state index contributed by atoms with van der Waals surface area (Å²) in [5.41, 5.74) is 1.80. The van der Waals surface area contributed by atoms with Crippen LogP contribution in [0.15, 0.2) is 36.4 Å². The van der Waals surface area contributed by atoms with Gasteiger partial charge in [0.25, 0.3) is 0 Å². The molecule has 0 aromatic heterocycles. The maximum atomic E-state index is 11.7. The minimum absolute atomic E-state index is 0.0553. The molecule has 1 heterocycles. The molecular formula is C14H14O2. The van der Waals surface area contributed by atoms with E-state index < -0.39 is 0 Å². The highest BCUT2D eigenvalue weighted by molar-refractivity contribution is 5.94. The zero-order valence-electron chi connectivity index (χ0n) is 9.06. The van der Waals surface area contributed by atoms with Gasteiger partial charge in [0.2, 0.25) is 0 Å². The number of allylic oxidation sites excluding steroid dienone is 1. The van der Waals surface area contributed by atoms with E-state index >= 15 is 0 Å². The molecule has 1 aromatic carbocycles. The van der Waals surface area contributed by atoms with Crippen molar-refractivity contribution in [2.75, 3.05) is 0 Å². The molecule has 2 nitrogen and oxygen atoms in total. The van der Waals surface area contributed by atoms with Crippen LogP contribution >= 0.6 is 0 Å². The van der Waals surface area contributed by atoms with Crippen molar-refractivity contribution in [3.05, 3.63) is 47.5 Å². The first-order valence-electron chi connectivity index (χ1n) is 5.83. The van der Waals surface area contributed by atoms with Crippen LogP contribution in [0.3, 0.4) is 0 Å². The predicted octanol–water partition coefficient (Wildman–Crippen LogP) is 3.25. The normalized spacial score (nSPS) is 27.6. The van der Waals surface area contributed by atoms with Crippen LogP contribution in [0, 0.1) is 5.92 Å². The van der Waals surface area contributed by atoms with Crippen molar-refractivity contribution in [3.63, 3.8) is 0 Å². The molecule has 3 rings (SSSR count). The fraction of sp³-hybridized carbons (Fsp3) is 0.357. The van der Waals surface area contributed by atoms with Crippen LogP contribution in [0.5, 0.6) is 0 Å². The molecule has 2 heteroatoms. The maximum absolute atomic E-state index is 11.7. The Balaban J connectivity index is 1.96. The summed E-state index contributed by atoms with van der Waals surface area (Å²) >= 11 is 0. The molecule has 2 aliphatic rings. The highest BCUT2D eigenvalue weighted by Gasteiger charge is 2.35. The first kappa shape index (κ1) is 9.64. The Labute approximate surface area is 94.9 Å². The van der Waals surface area contributed by atoms with Crippen LogP contribution in [0.1, 0.15) is 41.3 Å². The van der Waals surface area contributed by atoms with Crippen LogP contribution in [0.25, 0.3) is 0 Å². The van der Waals surface area contributed by atoms with Crippen LogP contribution in [-0.4, -0.2) is 5.97 Å². The molecule has 0 amide bonds. The fourth-order valence-electron chi connectivity index (χ4n) is 2.58. The molecule has 2 atom stereocenters. The van der Waals surface area contributed by atoms with Crippen molar-refractivity contribution >= 4 is 5.97 Å². The van der Waals surface area contributed by atoms with Gasteiger partial charge in [0.15, 0.2) is 0 Å². The summed E-state index contributed by atoms with van der Waals surface area (Å²) in [5, 5.41) is 0. The minimum Gasteiger partial charge on any atom is -0.453 e. The standard InChI is InChI=1S/C14H14O2/c15-14-12-9-5-4-8-11(12)13(16-14)10-6-2-1-3-7-10/h2,4-6,8-10,13H,1,3,7H2. The number of rotatable bonds is 1. The molecule has 82 valence electrons.